The van der Waals surface area contributed by atoms with Crippen molar-refractivity contribution >= 4 is 39.2 Å². The second-order valence-electron chi connectivity index (χ2n) is 10.6. The molecular formula is C30H31N7O. The summed E-state index contributed by atoms with van der Waals surface area (Å²) in [6.45, 7) is 2.10. The number of carbonyl (C=O) groups is 1. The lowest BCUT2D eigenvalue weighted by Gasteiger charge is -2.28. The van der Waals surface area contributed by atoms with Gasteiger partial charge < -0.3 is 15.2 Å². The van der Waals surface area contributed by atoms with Crippen LogP contribution in [0.25, 0.3) is 44.3 Å². The van der Waals surface area contributed by atoms with Gasteiger partial charge in [-0.15, -0.1) is 0 Å². The van der Waals surface area contributed by atoms with Crippen molar-refractivity contribution in [2.75, 3.05) is 23.3 Å². The third-order valence-electron chi connectivity index (χ3n) is 8.07. The summed E-state index contributed by atoms with van der Waals surface area (Å²) in [5, 5.41) is 13.1. The SMILES string of the molecule is O=C(Nc1cncc(-c2ccc3[nH]nc(-c4cc5c(N6CCCCC6)nccc5[nH]4)c3c2)c1)C1CCCC1. The van der Waals surface area contributed by atoms with Gasteiger partial charge in [-0.2, -0.15) is 5.10 Å². The van der Waals surface area contributed by atoms with Gasteiger partial charge in [-0.05, 0) is 68.0 Å². The first-order valence-electron chi connectivity index (χ1n) is 13.7. The van der Waals surface area contributed by atoms with E-state index in [0.29, 0.717) is 0 Å². The summed E-state index contributed by atoms with van der Waals surface area (Å²) in [6, 6.07) is 12.5. The lowest BCUT2D eigenvalue weighted by Crippen LogP contribution is -2.30. The number of pyridine rings is 2. The van der Waals surface area contributed by atoms with Gasteiger partial charge in [0.15, 0.2) is 0 Å². The van der Waals surface area contributed by atoms with Gasteiger partial charge in [0.05, 0.1) is 28.6 Å². The van der Waals surface area contributed by atoms with E-state index in [4.69, 9.17) is 4.98 Å². The molecule has 3 N–H and O–H groups in total. The number of anilines is 2. The van der Waals surface area contributed by atoms with Crippen LogP contribution in [-0.2, 0) is 4.79 Å². The summed E-state index contributed by atoms with van der Waals surface area (Å²) in [7, 11) is 0. The Hall–Kier alpha value is -4.20. The number of fused-ring (bicyclic) bond motifs is 2. The van der Waals surface area contributed by atoms with Gasteiger partial charge in [0.25, 0.3) is 0 Å². The Balaban J connectivity index is 1.22. The number of benzene rings is 1. The number of aromatic nitrogens is 5. The van der Waals surface area contributed by atoms with Crippen LogP contribution in [-0.4, -0.2) is 44.1 Å². The molecule has 1 aromatic carbocycles. The minimum absolute atomic E-state index is 0.103. The minimum atomic E-state index is 0.103. The number of nitrogens with one attached hydrogen (secondary N) is 3. The summed E-state index contributed by atoms with van der Waals surface area (Å²) in [5.74, 6) is 1.27. The molecule has 5 aromatic rings. The van der Waals surface area contributed by atoms with Crippen molar-refractivity contribution in [2.24, 2.45) is 5.92 Å². The van der Waals surface area contributed by atoms with Crippen LogP contribution < -0.4 is 10.2 Å². The van der Waals surface area contributed by atoms with E-state index in [9.17, 15) is 4.79 Å². The van der Waals surface area contributed by atoms with Crippen molar-refractivity contribution in [1.82, 2.24) is 25.1 Å². The number of aromatic amines is 2. The highest BCUT2D eigenvalue weighted by molar-refractivity contribution is 6.00. The molecule has 0 unspecified atom stereocenters. The summed E-state index contributed by atoms with van der Waals surface area (Å²) in [4.78, 5) is 27.8. The van der Waals surface area contributed by atoms with Gasteiger partial charge >= 0.3 is 0 Å². The van der Waals surface area contributed by atoms with Crippen molar-refractivity contribution in [2.45, 2.75) is 44.9 Å². The predicted molar refractivity (Wildman–Crippen MR) is 151 cm³/mol. The third-order valence-corrected chi connectivity index (χ3v) is 8.07. The molecule has 1 aliphatic carbocycles. The molecule has 2 fully saturated rings. The molecule has 0 radical (unpaired) electrons. The van der Waals surface area contributed by atoms with Crippen LogP contribution in [0.3, 0.4) is 0 Å². The summed E-state index contributed by atoms with van der Waals surface area (Å²) >= 11 is 0. The molecular weight excluding hydrogens is 474 g/mol. The largest absolute Gasteiger partial charge is 0.356 e. The lowest BCUT2D eigenvalue weighted by atomic mass is 10.0. The van der Waals surface area contributed by atoms with E-state index >= 15 is 0 Å². The van der Waals surface area contributed by atoms with Crippen LogP contribution in [0.5, 0.6) is 0 Å². The van der Waals surface area contributed by atoms with Gasteiger partial charge in [0, 0.05) is 47.7 Å². The Morgan fingerprint density at radius 2 is 1.76 bits per heavy atom. The summed E-state index contributed by atoms with van der Waals surface area (Å²) in [6.07, 6.45) is 13.4. The molecule has 0 bridgehead atoms. The maximum Gasteiger partial charge on any atom is 0.227 e. The van der Waals surface area contributed by atoms with E-state index in [1.807, 2.05) is 30.6 Å². The van der Waals surface area contributed by atoms with Crippen molar-refractivity contribution in [3.63, 3.8) is 0 Å². The quantitative estimate of drug-likeness (QED) is 0.261. The Labute approximate surface area is 220 Å². The number of carbonyl (C=O) groups excluding carboxylic acids is 1. The normalized spacial score (nSPS) is 16.5. The van der Waals surface area contributed by atoms with Gasteiger partial charge in [-0.3, -0.25) is 14.9 Å². The Bertz CT molecular complexity index is 1620. The van der Waals surface area contributed by atoms with Crippen LogP contribution in [0.2, 0.25) is 0 Å². The fraction of sp³-hybridized carbons (Fsp3) is 0.333. The lowest BCUT2D eigenvalue weighted by molar-refractivity contribution is -0.119. The number of piperidine rings is 1. The second-order valence-corrected chi connectivity index (χ2v) is 10.6. The molecule has 7 rings (SSSR count). The van der Waals surface area contributed by atoms with Crippen molar-refractivity contribution in [3.8, 4) is 22.5 Å². The number of H-pyrrole nitrogens is 2. The first-order valence-corrected chi connectivity index (χ1v) is 13.7. The first kappa shape index (κ1) is 23.0. The first-order chi connectivity index (χ1) is 18.7. The molecule has 1 aliphatic heterocycles. The monoisotopic (exact) mass is 505 g/mol. The van der Waals surface area contributed by atoms with Crippen LogP contribution in [0.1, 0.15) is 44.9 Å². The van der Waals surface area contributed by atoms with Crippen molar-refractivity contribution in [1.29, 1.82) is 0 Å². The molecule has 8 nitrogen and oxygen atoms in total. The molecule has 192 valence electrons. The summed E-state index contributed by atoms with van der Waals surface area (Å²) < 4.78 is 0. The van der Waals surface area contributed by atoms with Gasteiger partial charge in [0.2, 0.25) is 5.91 Å². The molecule has 4 aromatic heterocycles. The van der Waals surface area contributed by atoms with E-state index in [1.54, 1.807) is 6.20 Å². The van der Waals surface area contributed by atoms with E-state index in [1.165, 1.54) is 19.3 Å². The molecule has 1 amide bonds. The van der Waals surface area contributed by atoms with Crippen molar-refractivity contribution in [3.05, 3.63) is 55.0 Å². The maximum absolute atomic E-state index is 12.6. The zero-order valence-electron chi connectivity index (χ0n) is 21.3. The van der Waals surface area contributed by atoms with Crippen LogP contribution in [0.4, 0.5) is 11.5 Å². The van der Waals surface area contributed by atoms with Gasteiger partial charge in [-0.1, -0.05) is 18.9 Å². The van der Waals surface area contributed by atoms with Crippen LogP contribution in [0.15, 0.2) is 55.0 Å². The van der Waals surface area contributed by atoms with Crippen LogP contribution in [0, 0.1) is 5.92 Å². The molecule has 0 spiro atoms. The zero-order valence-corrected chi connectivity index (χ0v) is 21.3. The average molecular weight is 506 g/mol. The topological polar surface area (TPSA) is 103 Å². The third kappa shape index (κ3) is 4.20. The molecule has 38 heavy (non-hydrogen) atoms. The highest BCUT2D eigenvalue weighted by Crippen LogP contribution is 2.35. The Morgan fingerprint density at radius 3 is 2.63 bits per heavy atom. The number of nitrogens with zero attached hydrogens (tertiary/aromatic N) is 4. The predicted octanol–water partition coefficient (Wildman–Crippen LogP) is 6.29. The Kier molecular flexibility index (Phi) is 5.80. The molecule has 2 aliphatic rings. The highest BCUT2D eigenvalue weighted by atomic mass is 16.1. The number of amides is 1. The van der Waals surface area contributed by atoms with E-state index in [0.717, 1.165) is 94.6 Å². The fourth-order valence-electron chi connectivity index (χ4n) is 6.02. The zero-order chi connectivity index (χ0) is 25.5. The van der Waals surface area contributed by atoms with Gasteiger partial charge in [-0.25, -0.2) is 4.98 Å². The molecule has 1 saturated carbocycles. The highest BCUT2D eigenvalue weighted by Gasteiger charge is 2.23. The van der Waals surface area contributed by atoms with E-state index < -0.39 is 0 Å². The molecule has 5 heterocycles. The average Bonchev–Trinajstić information content (AvgIpc) is 3.73. The minimum Gasteiger partial charge on any atom is -0.356 e. The van der Waals surface area contributed by atoms with Gasteiger partial charge in [0.1, 0.15) is 11.5 Å². The fourth-order valence-corrected chi connectivity index (χ4v) is 6.02. The van der Waals surface area contributed by atoms with E-state index in [2.05, 4.69) is 48.6 Å². The second kappa shape index (κ2) is 9.59. The number of hydrogen-bond acceptors (Lipinski definition) is 5. The van der Waals surface area contributed by atoms with E-state index in [-0.39, 0.29) is 11.8 Å². The molecule has 0 atom stereocenters. The Morgan fingerprint density at radius 1 is 0.895 bits per heavy atom. The molecule has 1 saturated heterocycles. The smallest absolute Gasteiger partial charge is 0.227 e. The number of hydrogen-bond donors (Lipinski definition) is 3. The summed E-state index contributed by atoms with van der Waals surface area (Å²) in [5.41, 5.74) is 6.59. The van der Waals surface area contributed by atoms with Crippen LogP contribution >= 0.6 is 0 Å². The maximum atomic E-state index is 12.6. The number of rotatable bonds is 5. The molecule has 8 heteroatoms. The van der Waals surface area contributed by atoms with Crippen molar-refractivity contribution < 1.29 is 4.79 Å². The standard InChI is InChI=1S/C30H31N7O/c38-30(19-6-2-3-7-19)33-22-14-21(17-31-18-22)20-8-9-26-23(15-20)28(36-35-26)27-16-24-25(34-27)10-11-32-29(24)37-12-4-1-5-13-37/h8-11,14-19,34H,1-7,12-13H2,(H,33,38)(H,35,36).